The number of phenolic OH excluding ortho intramolecular Hbond substituents is 1. The van der Waals surface area contributed by atoms with Crippen molar-refractivity contribution in [2.24, 2.45) is 0 Å². The molecule has 2 aromatic carbocycles. The summed E-state index contributed by atoms with van der Waals surface area (Å²) in [5.41, 5.74) is 4.17. The first-order chi connectivity index (χ1) is 17.0. The first-order valence-electron chi connectivity index (χ1n) is 12.4. The van der Waals surface area contributed by atoms with Gasteiger partial charge in [-0.1, -0.05) is 12.1 Å². The van der Waals surface area contributed by atoms with Crippen LogP contribution in [0.1, 0.15) is 68.7 Å². The third-order valence-corrected chi connectivity index (χ3v) is 6.12. The van der Waals surface area contributed by atoms with E-state index in [9.17, 15) is 14.7 Å². The van der Waals surface area contributed by atoms with Gasteiger partial charge in [0.15, 0.2) is 0 Å². The minimum Gasteiger partial charge on any atom is -0.507 e. The number of phenols is 1. The third-order valence-electron chi connectivity index (χ3n) is 6.12. The average Bonchev–Trinajstić information content (AvgIpc) is 2.87. The maximum atomic E-state index is 12.0. The maximum Gasteiger partial charge on any atom is 0.306 e. The van der Waals surface area contributed by atoms with Crippen molar-refractivity contribution < 1.29 is 33.6 Å². The number of methoxy groups -OCH3 is 1. The summed E-state index contributed by atoms with van der Waals surface area (Å²) < 4.78 is 22.0. The second kappa shape index (κ2) is 13.1. The van der Waals surface area contributed by atoms with Crippen molar-refractivity contribution in [3.05, 3.63) is 47.0 Å². The van der Waals surface area contributed by atoms with Crippen molar-refractivity contribution >= 4 is 11.9 Å². The maximum absolute atomic E-state index is 12.0. The highest BCUT2D eigenvalue weighted by molar-refractivity contribution is 5.78. The lowest BCUT2D eigenvalue weighted by atomic mass is 9.88. The molecule has 0 bridgehead atoms. The van der Waals surface area contributed by atoms with Crippen molar-refractivity contribution in [3.63, 3.8) is 0 Å². The first kappa shape index (κ1) is 26.5. The summed E-state index contributed by atoms with van der Waals surface area (Å²) in [4.78, 5) is 23.8. The number of carbonyl (C=O) groups is 2. The molecule has 0 aliphatic carbocycles. The van der Waals surface area contributed by atoms with Crippen LogP contribution in [0, 0.1) is 0 Å². The highest BCUT2D eigenvalue weighted by Crippen LogP contribution is 2.44. The van der Waals surface area contributed by atoms with Crippen molar-refractivity contribution in [2.75, 3.05) is 26.9 Å². The Bertz CT molecular complexity index is 1010. The molecule has 0 amide bonds. The summed E-state index contributed by atoms with van der Waals surface area (Å²) in [5, 5.41) is 10.9. The summed E-state index contributed by atoms with van der Waals surface area (Å²) >= 11 is 0. The highest BCUT2D eigenvalue weighted by atomic mass is 16.5. The van der Waals surface area contributed by atoms with E-state index in [1.54, 1.807) is 27.0 Å². The number of esters is 2. The summed E-state index contributed by atoms with van der Waals surface area (Å²) in [6.07, 6.45) is 4.26. The summed E-state index contributed by atoms with van der Waals surface area (Å²) in [6, 6.07) is 9.32. The van der Waals surface area contributed by atoms with E-state index < -0.39 is 0 Å². The Hall–Kier alpha value is -3.06. The summed E-state index contributed by atoms with van der Waals surface area (Å²) in [6.45, 7) is 4.94. The van der Waals surface area contributed by atoms with Gasteiger partial charge < -0.3 is 24.1 Å². The van der Waals surface area contributed by atoms with Crippen LogP contribution in [-0.2, 0) is 36.6 Å². The van der Waals surface area contributed by atoms with Gasteiger partial charge in [-0.15, -0.1) is 0 Å². The van der Waals surface area contributed by atoms with Gasteiger partial charge in [-0.2, -0.15) is 0 Å². The zero-order chi connectivity index (χ0) is 25.2. The van der Waals surface area contributed by atoms with Gasteiger partial charge >= 0.3 is 11.9 Å². The Balaban J connectivity index is 2.03. The topological polar surface area (TPSA) is 91.3 Å². The van der Waals surface area contributed by atoms with Gasteiger partial charge in [-0.05, 0) is 80.8 Å². The number of ether oxygens (including phenoxy) is 4. The molecule has 0 saturated carbocycles. The molecule has 190 valence electrons. The van der Waals surface area contributed by atoms with E-state index in [1.807, 2.05) is 24.3 Å². The molecule has 0 spiro atoms. The highest BCUT2D eigenvalue weighted by Gasteiger charge is 2.26. The molecular formula is C28H36O7. The number of hydrogen-bond acceptors (Lipinski definition) is 7. The van der Waals surface area contributed by atoms with Gasteiger partial charge in [-0.3, -0.25) is 9.59 Å². The van der Waals surface area contributed by atoms with Crippen LogP contribution in [0.15, 0.2) is 30.3 Å². The van der Waals surface area contributed by atoms with E-state index in [0.717, 1.165) is 41.5 Å². The molecule has 1 unspecified atom stereocenters. The van der Waals surface area contributed by atoms with Crippen LogP contribution in [0.3, 0.4) is 0 Å². The van der Waals surface area contributed by atoms with Gasteiger partial charge in [0.2, 0.25) is 0 Å². The van der Waals surface area contributed by atoms with Crippen LogP contribution < -0.4 is 4.74 Å². The quantitative estimate of drug-likeness (QED) is 0.433. The molecule has 7 heteroatoms. The Morgan fingerprint density at radius 3 is 2.20 bits per heavy atom. The molecule has 1 atom stereocenters. The smallest absolute Gasteiger partial charge is 0.306 e. The van der Waals surface area contributed by atoms with Crippen LogP contribution in [0.25, 0.3) is 11.1 Å². The molecule has 35 heavy (non-hydrogen) atoms. The lowest BCUT2D eigenvalue weighted by Gasteiger charge is -2.28. The molecule has 0 radical (unpaired) electrons. The van der Waals surface area contributed by atoms with E-state index >= 15 is 0 Å². The van der Waals surface area contributed by atoms with Crippen molar-refractivity contribution in [3.8, 4) is 22.6 Å². The number of rotatable bonds is 11. The van der Waals surface area contributed by atoms with Gasteiger partial charge in [0.05, 0.1) is 26.4 Å². The molecule has 1 fully saturated rings. The Morgan fingerprint density at radius 2 is 1.60 bits per heavy atom. The molecule has 3 rings (SSSR count). The Kier molecular flexibility index (Phi) is 9.97. The van der Waals surface area contributed by atoms with Gasteiger partial charge in [0, 0.05) is 30.6 Å². The molecule has 2 aromatic rings. The van der Waals surface area contributed by atoms with Crippen molar-refractivity contribution in [1.82, 2.24) is 0 Å². The third kappa shape index (κ3) is 7.21. The van der Waals surface area contributed by atoms with Crippen LogP contribution in [0.4, 0.5) is 0 Å². The zero-order valence-corrected chi connectivity index (χ0v) is 20.9. The summed E-state index contributed by atoms with van der Waals surface area (Å²) in [5.74, 6) is 0.300. The predicted octanol–water partition coefficient (Wildman–Crippen LogP) is 5.30. The summed E-state index contributed by atoms with van der Waals surface area (Å²) in [7, 11) is 1.62. The van der Waals surface area contributed by atoms with E-state index in [4.69, 9.17) is 18.9 Å². The van der Waals surface area contributed by atoms with E-state index in [0.29, 0.717) is 44.0 Å². The largest absolute Gasteiger partial charge is 0.507 e. The van der Waals surface area contributed by atoms with Gasteiger partial charge in [0.1, 0.15) is 11.5 Å². The van der Waals surface area contributed by atoms with Gasteiger partial charge in [0.25, 0.3) is 0 Å². The molecular weight excluding hydrogens is 448 g/mol. The van der Waals surface area contributed by atoms with E-state index in [-0.39, 0.29) is 36.6 Å². The molecule has 1 N–H and O–H groups in total. The Morgan fingerprint density at radius 1 is 0.943 bits per heavy atom. The fourth-order valence-corrected chi connectivity index (χ4v) is 4.43. The zero-order valence-electron chi connectivity index (χ0n) is 20.9. The lowest BCUT2D eigenvalue weighted by Crippen LogP contribution is -2.14. The minimum absolute atomic E-state index is 0.131. The van der Waals surface area contributed by atoms with Crippen LogP contribution in [-0.4, -0.2) is 44.0 Å². The SMILES string of the molecule is CCOC(=O)CCc1ccc(O)c(-c2cc(CCC(=O)OCC)cc(OC)c2C2CCCCO2)c1. The first-order valence-corrected chi connectivity index (χ1v) is 12.4. The lowest BCUT2D eigenvalue weighted by molar-refractivity contribution is -0.144. The number of aromatic hydroxyl groups is 1. The molecule has 1 heterocycles. The number of hydrogen-bond donors (Lipinski definition) is 1. The monoisotopic (exact) mass is 484 g/mol. The molecule has 1 saturated heterocycles. The van der Waals surface area contributed by atoms with Crippen molar-refractivity contribution in [1.29, 1.82) is 0 Å². The number of benzene rings is 2. The van der Waals surface area contributed by atoms with Crippen LogP contribution >= 0.6 is 0 Å². The number of aryl methyl sites for hydroxylation is 2. The second-order valence-corrected chi connectivity index (χ2v) is 8.58. The van der Waals surface area contributed by atoms with Crippen LogP contribution in [0.5, 0.6) is 11.5 Å². The second-order valence-electron chi connectivity index (χ2n) is 8.58. The molecule has 1 aliphatic heterocycles. The number of carbonyl (C=O) groups excluding carboxylic acids is 2. The van der Waals surface area contributed by atoms with E-state index in [1.165, 1.54) is 0 Å². The Labute approximate surface area is 207 Å². The fraction of sp³-hybridized carbons (Fsp3) is 0.500. The molecule has 0 aromatic heterocycles. The van der Waals surface area contributed by atoms with Crippen molar-refractivity contribution in [2.45, 2.75) is 64.9 Å². The molecule has 1 aliphatic rings. The van der Waals surface area contributed by atoms with Crippen LogP contribution in [0.2, 0.25) is 0 Å². The average molecular weight is 485 g/mol. The van der Waals surface area contributed by atoms with E-state index in [2.05, 4.69) is 0 Å². The normalized spacial score (nSPS) is 15.5. The minimum atomic E-state index is -0.253. The fourth-order valence-electron chi connectivity index (χ4n) is 4.43. The predicted molar refractivity (Wildman–Crippen MR) is 133 cm³/mol. The van der Waals surface area contributed by atoms with Gasteiger partial charge in [-0.25, -0.2) is 0 Å². The molecule has 7 nitrogen and oxygen atoms in total. The standard InChI is InChI=1S/C28H36O7/c1-4-33-26(30)13-10-19-9-12-23(29)21(16-19)22-17-20(11-14-27(31)34-5-2)18-25(32-3)28(22)24-8-6-7-15-35-24/h9,12,16-18,24,29H,4-8,10-11,13-15H2,1-3H3.